The number of hydrogen-bond acceptors (Lipinski definition) is 3. The number of carbonyl (C=O) groups excluding carboxylic acids is 1. The van der Waals surface area contributed by atoms with Crippen LogP contribution in [0.15, 0.2) is 82.5 Å². The van der Waals surface area contributed by atoms with Gasteiger partial charge < -0.3 is 4.42 Å². The van der Waals surface area contributed by atoms with Gasteiger partial charge >= 0.3 is 0 Å². The molecule has 0 N–H and O–H groups in total. The Kier molecular flexibility index (Phi) is 4.12. The van der Waals surface area contributed by atoms with Gasteiger partial charge in [-0.25, -0.2) is 5.01 Å². The zero-order valence-electron chi connectivity index (χ0n) is 13.3. The van der Waals surface area contributed by atoms with Crippen LogP contribution >= 0.6 is 11.6 Å². The third-order valence-electron chi connectivity index (χ3n) is 4.20. The van der Waals surface area contributed by atoms with Crippen LogP contribution < -0.4 is 0 Å². The van der Waals surface area contributed by atoms with Crippen LogP contribution in [0.2, 0.25) is 5.02 Å². The van der Waals surface area contributed by atoms with Crippen LogP contribution in [0.3, 0.4) is 0 Å². The molecule has 1 atom stereocenters. The summed E-state index contributed by atoms with van der Waals surface area (Å²) in [6.45, 7) is 0. The van der Waals surface area contributed by atoms with Crippen molar-refractivity contribution < 1.29 is 9.21 Å². The largest absolute Gasteiger partial charge is 0.467 e. The second kappa shape index (κ2) is 6.57. The first-order chi connectivity index (χ1) is 12.2. The van der Waals surface area contributed by atoms with Gasteiger partial charge in [-0.1, -0.05) is 54.1 Å². The fourth-order valence-electron chi connectivity index (χ4n) is 2.96. The average molecular weight is 351 g/mol. The lowest BCUT2D eigenvalue weighted by atomic mass is 10.0. The Morgan fingerprint density at radius 1 is 1.04 bits per heavy atom. The number of hydrogen-bond donors (Lipinski definition) is 0. The van der Waals surface area contributed by atoms with Gasteiger partial charge in [0, 0.05) is 6.42 Å². The van der Waals surface area contributed by atoms with E-state index in [1.807, 2.05) is 42.5 Å². The Morgan fingerprint density at radius 2 is 1.80 bits per heavy atom. The molecule has 2 heterocycles. The summed E-state index contributed by atoms with van der Waals surface area (Å²) >= 11 is 6.20. The van der Waals surface area contributed by atoms with Crippen LogP contribution in [0, 0.1) is 0 Å². The van der Waals surface area contributed by atoms with E-state index in [0.29, 0.717) is 22.8 Å². The lowest BCUT2D eigenvalue weighted by Crippen LogP contribution is -2.27. The predicted molar refractivity (Wildman–Crippen MR) is 96.7 cm³/mol. The fourth-order valence-corrected chi connectivity index (χ4v) is 3.18. The van der Waals surface area contributed by atoms with Gasteiger partial charge in [0.25, 0.3) is 5.91 Å². The van der Waals surface area contributed by atoms with E-state index >= 15 is 0 Å². The normalized spacial score (nSPS) is 16.8. The SMILES string of the molecule is O=C(c1ccccc1Cl)N1N=C(c2ccccc2)CC1c1ccco1. The zero-order chi connectivity index (χ0) is 17.2. The molecule has 1 amide bonds. The molecule has 4 rings (SSSR count). The molecule has 4 nitrogen and oxygen atoms in total. The number of hydrazone groups is 1. The molecule has 2 aromatic carbocycles. The number of benzene rings is 2. The summed E-state index contributed by atoms with van der Waals surface area (Å²) in [5.74, 6) is 0.466. The number of halogens is 1. The molecule has 124 valence electrons. The van der Waals surface area contributed by atoms with E-state index < -0.39 is 0 Å². The molecule has 0 spiro atoms. The highest BCUT2D eigenvalue weighted by Crippen LogP contribution is 2.35. The van der Waals surface area contributed by atoms with Gasteiger partial charge in [-0.2, -0.15) is 5.10 Å². The van der Waals surface area contributed by atoms with E-state index in [9.17, 15) is 4.79 Å². The van der Waals surface area contributed by atoms with Gasteiger partial charge in [0.05, 0.1) is 22.6 Å². The lowest BCUT2D eigenvalue weighted by molar-refractivity contribution is 0.0693. The predicted octanol–water partition coefficient (Wildman–Crippen LogP) is 4.92. The third kappa shape index (κ3) is 2.96. The molecule has 3 aromatic rings. The topological polar surface area (TPSA) is 45.8 Å². The van der Waals surface area contributed by atoms with Crippen LogP contribution in [0.25, 0.3) is 0 Å². The van der Waals surface area contributed by atoms with E-state index in [2.05, 4.69) is 5.10 Å². The summed E-state index contributed by atoms with van der Waals surface area (Å²) in [4.78, 5) is 13.0. The molecule has 0 bridgehead atoms. The lowest BCUT2D eigenvalue weighted by Gasteiger charge is -2.20. The van der Waals surface area contributed by atoms with Crippen LogP contribution in [0.5, 0.6) is 0 Å². The first kappa shape index (κ1) is 15.7. The molecule has 1 aliphatic rings. The van der Waals surface area contributed by atoms with Crippen molar-refractivity contribution in [3.05, 3.63) is 94.9 Å². The summed E-state index contributed by atoms with van der Waals surface area (Å²) in [6, 6.07) is 20.2. The minimum absolute atomic E-state index is 0.238. The maximum atomic E-state index is 13.0. The summed E-state index contributed by atoms with van der Waals surface area (Å²) < 4.78 is 5.55. The van der Waals surface area contributed by atoms with Crippen molar-refractivity contribution in [2.45, 2.75) is 12.5 Å². The van der Waals surface area contributed by atoms with E-state index in [-0.39, 0.29) is 11.9 Å². The van der Waals surface area contributed by atoms with E-state index in [1.54, 1.807) is 30.5 Å². The standard InChI is InChI=1S/C20H15ClN2O2/c21-16-10-5-4-9-15(16)20(24)23-18(19-11-6-12-25-19)13-17(22-23)14-7-2-1-3-8-14/h1-12,18H,13H2. The second-order valence-electron chi connectivity index (χ2n) is 5.78. The van der Waals surface area contributed by atoms with E-state index in [0.717, 1.165) is 11.3 Å². The van der Waals surface area contributed by atoms with Crippen LogP contribution in [-0.4, -0.2) is 16.6 Å². The molecule has 25 heavy (non-hydrogen) atoms. The molecule has 0 saturated carbocycles. The smallest absolute Gasteiger partial charge is 0.276 e. The molecular formula is C20H15ClN2O2. The van der Waals surface area contributed by atoms with Gasteiger partial charge in [-0.15, -0.1) is 0 Å². The second-order valence-corrected chi connectivity index (χ2v) is 6.18. The number of rotatable bonds is 3. The Morgan fingerprint density at radius 3 is 2.52 bits per heavy atom. The number of nitrogens with zero attached hydrogens (tertiary/aromatic N) is 2. The molecule has 0 aliphatic carbocycles. The van der Waals surface area contributed by atoms with Crippen molar-refractivity contribution in [2.75, 3.05) is 0 Å². The summed E-state index contributed by atoms with van der Waals surface area (Å²) in [5.41, 5.74) is 2.27. The minimum Gasteiger partial charge on any atom is -0.467 e. The van der Waals surface area contributed by atoms with Crippen molar-refractivity contribution in [3.63, 3.8) is 0 Å². The van der Waals surface area contributed by atoms with Crippen LogP contribution in [-0.2, 0) is 0 Å². The highest BCUT2D eigenvalue weighted by Gasteiger charge is 2.35. The van der Waals surface area contributed by atoms with Crippen LogP contribution in [0.1, 0.15) is 34.1 Å². The first-order valence-electron chi connectivity index (χ1n) is 7.98. The number of amides is 1. The molecule has 0 saturated heterocycles. The van der Waals surface area contributed by atoms with Gasteiger partial charge in [0.1, 0.15) is 11.8 Å². The molecule has 5 heteroatoms. The van der Waals surface area contributed by atoms with Gasteiger partial charge in [0.15, 0.2) is 0 Å². The van der Waals surface area contributed by atoms with Crippen molar-refractivity contribution >= 4 is 23.2 Å². The monoisotopic (exact) mass is 350 g/mol. The summed E-state index contributed by atoms with van der Waals surface area (Å²) in [5, 5.41) is 6.48. The maximum Gasteiger partial charge on any atom is 0.276 e. The highest BCUT2D eigenvalue weighted by atomic mass is 35.5. The fraction of sp³-hybridized carbons (Fsp3) is 0.100. The first-order valence-corrected chi connectivity index (χ1v) is 8.36. The average Bonchev–Trinajstić information content (AvgIpc) is 3.32. The maximum absolute atomic E-state index is 13.0. The summed E-state index contributed by atoms with van der Waals surface area (Å²) in [6.07, 6.45) is 2.20. The van der Waals surface area contributed by atoms with Gasteiger partial charge in [-0.05, 0) is 29.8 Å². The summed E-state index contributed by atoms with van der Waals surface area (Å²) in [7, 11) is 0. The Hall–Kier alpha value is -2.85. The highest BCUT2D eigenvalue weighted by molar-refractivity contribution is 6.33. The molecule has 1 aliphatic heterocycles. The van der Waals surface area contributed by atoms with Crippen molar-refractivity contribution in [3.8, 4) is 0 Å². The minimum atomic E-state index is -0.283. The number of carbonyl (C=O) groups is 1. The van der Waals surface area contributed by atoms with Gasteiger partial charge in [-0.3, -0.25) is 4.79 Å². The van der Waals surface area contributed by atoms with Crippen molar-refractivity contribution in [1.82, 2.24) is 5.01 Å². The van der Waals surface area contributed by atoms with E-state index in [1.165, 1.54) is 5.01 Å². The van der Waals surface area contributed by atoms with E-state index in [4.69, 9.17) is 16.0 Å². The molecule has 1 aromatic heterocycles. The van der Waals surface area contributed by atoms with Gasteiger partial charge in [0.2, 0.25) is 0 Å². The quantitative estimate of drug-likeness (QED) is 0.672. The zero-order valence-corrected chi connectivity index (χ0v) is 14.1. The van der Waals surface area contributed by atoms with Crippen molar-refractivity contribution in [1.29, 1.82) is 0 Å². The Labute approximate surface area is 150 Å². The third-order valence-corrected chi connectivity index (χ3v) is 4.53. The Balaban J connectivity index is 1.74. The Bertz CT molecular complexity index is 920. The molecule has 0 fully saturated rings. The van der Waals surface area contributed by atoms with Crippen molar-refractivity contribution in [2.24, 2.45) is 5.10 Å². The molecule has 1 unspecified atom stereocenters. The molecule has 0 radical (unpaired) electrons. The van der Waals surface area contributed by atoms with Crippen LogP contribution in [0.4, 0.5) is 0 Å². The molecular weight excluding hydrogens is 336 g/mol. The number of furan rings is 1.